The van der Waals surface area contributed by atoms with Crippen LogP contribution in [0.1, 0.15) is 59.8 Å². The molecule has 102 valence electrons. The second kappa shape index (κ2) is 6.19. The Labute approximate surface area is 107 Å². The number of aliphatic hydroxyl groups is 1. The maximum Gasteiger partial charge on any atom is 0.0581 e. The predicted octanol–water partition coefficient (Wildman–Crippen LogP) is 3.29. The molecule has 0 aromatic carbocycles. The maximum atomic E-state index is 10.1. The van der Waals surface area contributed by atoms with E-state index in [9.17, 15) is 5.11 Å². The van der Waals surface area contributed by atoms with Gasteiger partial charge in [0.15, 0.2) is 0 Å². The average molecular weight is 241 g/mol. The highest BCUT2D eigenvalue weighted by Crippen LogP contribution is 2.39. The lowest BCUT2D eigenvalue weighted by Gasteiger charge is -2.41. The van der Waals surface area contributed by atoms with E-state index in [4.69, 9.17) is 0 Å². The van der Waals surface area contributed by atoms with Crippen LogP contribution in [0.3, 0.4) is 0 Å². The van der Waals surface area contributed by atoms with E-state index in [0.717, 1.165) is 19.4 Å². The summed E-state index contributed by atoms with van der Waals surface area (Å²) in [7, 11) is 2.20. The van der Waals surface area contributed by atoms with E-state index in [0.29, 0.717) is 17.4 Å². The van der Waals surface area contributed by atoms with Gasteiger partial charge in [0.2, 0.25) is 0 Å². The van der Waals surface area contributed by atoms with Gasteiger partial charge in [-0.2, -0.15) is 0 Å². The highest BCUT2D eigenvalue weighted by Gasteiger charge is 2.34. The molecule has 0 bridgehead atoms. The molecule has 0 heterocycles. The molecule has 1 saturated carbocycles. The number of rotatable bonds is 5. The van der Waals surface area contributed by atoms with E-state index >= 15 is 0 Å². The van der Waals surface area contributed by atoms with Crippen molar-refractivity contribution >= 4 is 0 Å². The van der Waals surface area contributed by atoms with Crippen molar-refractivity contribution in [2.24, 2.45) is 11.3 Å². The summed E-state index contributed by atoms with van der Waals surface area (Å²) in [5.74, 6) is 0.461. The Morgan fingerprint density at radius 1 is 1.41 bits per heavy atom. The quantitative estimate of drug-likeness (QED) is 0.798. The van der Waals surface area contributed by atoms with Crippen LogP contribution in [0.5, 0.6) is 0 Å². The SMILES string of the molecule is CCCC(C)N(C)CC1CC(C)(C)CCC1O. The van der Waals surface area contributed by atoms with Crippen molar-refractivity contribution in [1.29, 1.82) is 0 Å². The summed E-state index contributed by atoms with van der Waals surface area (Å²) in [6.45, 7) is 10.3. The van der Waals surface area contributed by atoms with Gasteiger partial charge in [-0.1, -0.05) is 27.2 Å². The number of hydrogen-bond donors (Lipinski definition) is 1. The van der Waals surface area contributed by atoms with Crippen LogP contribution in [-0.2, 0) is 0 Å². The lowest BCUT2D eigenvalue weighted by molar-refractivity contribution is 0.00262. The van der Waals surface area contributed by atoms with E-state index in [1.165, 1.54) is 19.3 Å². The Morgan fingerprint density at radius 2 is 2.06 bits per heavy atom. The van der Waals surface area contributed by atoms with E-state index in [1.807, 2.05) is 0 Å². The van der Waals surface area contributed by atoms with Gasteiger partial charge in [0.1, 0.15) is 0 Å². The van der Waals surface area contributed by atoms with Crippen LogP contribution < -0.4 is 0 Å². The average Bonchev–Trinajstić information content (AvgIpc) is 2.23. The molecule has 0 amide bonds. The molecule has 0 aromatic heterocycles. The number of nitrogens with zero attached hydrogens (tertiary/aromatic N) is 1. The van der Waals surface area contributed by atoms with Crippen LogP contribution in [0, 0.1) is 11.3 Å². The monoisotopic (exact) mass is 241 g/mol. The normalized spacial score (nSPS) is 30.5. The van der Waals surface area contributed by atoms with Gasteiger partial charge >= 0.3 is 0 Å². The van der Waals surface area contributed by atoms with Gasteiger partial charge in [-0.15, -0.1) is 0 Å². The molecular formula is C15H31NO. The fraction of sp³-hybridized carbons (Fsp3) is 1.00. The molecule has 1 aliphatic carbocycles. The van der Waals surface area contributed by atoms with Gasteiger partial charge in [-0.3, -0.25) is 0 Å². The second-order valence-electron chi connectivity index (χ2n) is 6.81. The molecule has 0 aromatic rings. The molecule has 1 fully saturated rings. The van der Waals surface area contributed by atoms with Gasteiger partial charge in [-0.05, 0) is 51.0 Å². The summed E-state index contributed by atoms with van der Waals surface area (Å²) in [4.78, 5) is 2.43. The fourth-order valence-electron chi connectivity index (χ4n) is 3.10. The van der Waals surface area contributed by atoms with Crippen LogP contribution in [0.4, 0.5) is 0 Å². The summed E-state index contributed by atoms with van der Waals surface area (Å²) < 4.78 is 0. The first-order valence-corrected chi connectivity index (χ1v) is 7.24. The molecule has 0 saturated heterocycles. The van der Waals surface area contributed by atoms with Crippen molar-refractivity contribution in [1.82, 2.24) is 4.90 Å². The maximum absolute atomic E-state index is 10.1. The molecule has 1 aliphatic rings. The van der Waals surface area contributed by atoms with Crippen LogP contribution in [-0.4, -0.2) is 35.7 Å². The lowest BCUT2D eigenvalue weighted by atomic mass is 9.70. The molecule has 1 N–H and O–H groups in total. The summed E-state index contributed by atoms with van der Waals surface area (Å²) in [5, 5.41) is 10.1. The summed E-state index contributed by atoms with van der Waals surface area (Å²) >= 11 is 0. The van der Waals surface area contributed by atoms with Crippen LogP contribution in [0.25, 0.3) is 0 Å². The van der Waals surface area contributed by atoms with Crippen molar-refractivity contribution < 1.29 is 5.11 Å². The van der Waals surface area contributed by atoms with Gasteiger partial charge < -0.3 is 10.0 Å². The smallest absolute Gasteiger partial charge is 0.0581 e. The first-order chi connectivity index (χ1) is 7.85. The van der Waals surface area contributed by atoms with Crippen molar-refractivity contribution in [2.75, 3.05) is 13.6 Å². The Morgan fingerprint density at radius 3 is 2.65 bits per heavy atom. The Bertz CT molecular complexity index is 227. The summed E-state index contributed by atoms with van der Waals surface area (Å²) in [6.07, 6.45) is 5.72. The molecule has 0 spiro atoms. The topological polar surface area (TPSA) is 23.5 Å². The van der Waals surface area contributed by atoms with Crippen LogP contribution in [0.2, 0.25) is 0 Å². The van der Waals surface area contributed by atoms with Crippen molar-refractivity contribution in [3.05, 3.63) is 0 Å². The highest BCUT2D eigenvalue weighted by molar-refractivity contribution is 4.86. The minimum absolute atomic E-state index is 0.0840. The van der Waals surface area contributed by atoms with Crippen LogP contribution >= 0.6 is 0 Å². The van der Waals surface area contributed by atoms with Gasteiger partial charge in [0, 0.05) is 12.6 Å². The number of aliphatic hydroxyl groups excluding tert-OH is 1. The highest BCUT2D eigenvalue weighted by atomic mass is 16.3. The molecule has 1 rings (SSSR count). The molecule has 3 unspecified atom stereocenters. The first-order valence-electron chi connectivity index (χ1n) is 7.24. The molecule has 3 atom stereocenters. The van der Waals surface area contributed by atoms with Crippen LogP contribution in [0.15, 0.2) is 0 Å². The van der Waals surface area contributed by atoms with E-state index in [2.05, 4.69) is 39.6 Å². The third-order valence-corrected chi connectivity index (χ3v) is 4.46. The fourth-order valence-corrected chi connectivity index (χ4v) is 3.10. The molecule has 2 nitrogen and oxygen atoms in total. The summed E-state index contributed by atoms with van der Waals surface area (Å²) in [6, 6.07) is 0.636. The Balaban J connectivity index is 2.48. The molecular weight excluding hydrogens is 210 g/mol. The standard InChI is InChI=1S/C15H31NO/c1-6-7-12(2)16(5)11-13-10-15(3,4)9-8-14(13)17/h12-14,17H,6-11H2,1-5H3. The third-order valence-electron chi connectivity index (χ3n) is 4.46. The predicted molar refractivity (Wildman–Crippen MR) is 74.1 cm³/mol. The largest absolute Gasteiger partial charge is 0.393 e. The Hall–Kier alpha value is -0.0800. The van der Waals surface area contributed by atoms with E-state index in [-0.39, 0.29) is 6.10 Å². The van der Waals surface area contributed by atoms with Crippen molar-refractivity contribution in [3.63, 3.8) is 0 Å². The molecule has 0 aliphatic heterocycles. The zero-order valence-electron chi connectivity index (χ0n) is 12.4. The zero-order valence-corrected chi connectivity index (χ0v) is 12.4. The minimum atomic E-state index is -0.0840. The van der Waals surface area contributed by atoms with Crippen molar-refractivity contribution in [3.8, 4) is 0 Å². The first kappa shape index (κ1) is 15.0. The number of hydrogen-bond acceptors (Lipinski definition) is 2. The van der Waals surface area contributed by atoms with E-state index in [1.54, 1.807) is 0 Å². The Kier molecular flexibility index (Phi) is 5.46. The van der Waals surface area contributed by atoms with Gasteiger partial charge in [0.05, 0.1) is 6.10 Å². The lowest BCUT2D eigenvalue weighted by Crippen LogP contribution is -2.42. The van der Waals surface area contributed by atoms with Gasteiger partial charge in [0.25, 0.3) is 0 Å². The minimum Gasteiger partial charge on any atom is -0.393 e. The van der Waals surface area contributed by atoms with Crippen molar-refractivity contribution in [2.45, 2.75) is 71.9 Å². The van der Waals surface area contributed by atoms with E-state index < -0.39 is 0 Å². The third kappa shape index (κ3) is 4.59. The van der Waals surface area contributed by atoms with Gasteiger partial charge in [-0.25, -0.2) is 0 Å². The molecule has 17 heavy (non-hydrogen) atoms. The zero-order chi connectivity index (χ0) is 13.1. The molecule has 2 heteroatoms. The second-order valence-corrected chi connectivity index (χ2v) is 6.81. The summed E-state index contributed by atoms with van der Waals surface area (Å²) in [5.41, 5.74) is 0.415. The molecule has 0 radical (unpaired) electrons.